The number of Topliss-reactive ketones (excluding diaryl/α,β-unsaturated/α-hetero) is 1. The van der Waals surface area contributed by atoms with E-state index in [2.05, 4.69) is 0 Å². The van der Waals surface area contributed by atoms with Crippen LogP contribution in [0.1, 0.15) is 30.1 Å². The first kappa shape index (κ1) is 18.6. The summed E-state index contributed by atoms with van der Waals surface area (Å²) in [6.07, 6.45) is 1.30. The van der Waals surface area contributed by atoms with Crippen LogP contribution < -0.4 is 4.90 Å². The molecule has 1 aliphatic heterocycles. The number of hydrogen-bond donors (Lipinski definition) is 0. The Morgan fingerprint density at radius 3 is 2.31 bits per heavy atom. The fourth-order valence-corrected chi connectivity index (χ4v) is 4.48. The summed E-state index contributed by atoms with van der Waals surface area (Å²) in [5, 5.41) is 0. The Morgan fingerprint density at radius 1 is 1.08 bits per heavy atom. The van der Waals surface area contributed by atoms with Gasteiger partial charge in [0.25, 0.3) is 0 Å². The van der Waals surface area contributed by atoms with Crippen molar-refractivity contribution in [2.75, 3.05) is 23.7 Å². The Hall–Kier alpha value is -2.21. The molecule has 0 atom stereocenters. The first-order chi connectivity index (χ1) is 12.4. The van der Waals surface area contributed by atoms with Crippen molar-refractivity contribution in [1.29, 1.82) is 0 Å². The zero-order valence-corrected chi connectivity index (χ0v) is 15.5. The molecule has 6 heteroatoms. The second-order valence-electron chi connectivity index (χ2n) is 6.50. The van der Waals surface area contributed by atoms with Gasteiger partial charge in [0.15, 0.2) is 15.6 Å². The second kappa shape index (κ2) is 7.58. The minimum Gasteiger partial charge on any atom is -0.370 e. The molecule has 26 heavy (non-hydrogen) atoms. The molecule has 1 fully saturated rings. The molecule has 3 rings (SSSR count). The Balaban J connectivity index is 1.73. The van der Waals surface area contributed by atoms with Crippen LogP contribution in [-0.4, -0.2) is 33.0 Å². The molecule has 1 saturated heterocycles. The van der Waals surface area contributed by atoms with E-state index in [1.807, 2.05) is 17.0 Å². The van der Waals surface area contributed by atoms with Gasteiger partial charge in [0, 0.05) is 24.6 Å². The molecule has 1 aliphatic rings. The minimum atomic E-state index is -3.30. The molecule has 0 aromatic heterocycles. The summed E-state index contributed by atoms with van der Waals surface area (Å²) < 4.78 is 37.7. The Labute approximate surface area is 153 Å². The molecule has 0 spiro atoms. The third-order valence-electron chi connectivity index (χ3n) is 4.92. The molecule has 0 bridgehead atoms. The van der Waals surface area contributed by atoms with Gasteiger partial charge in [-0.1, -0.05) is 19.1 Å². The van der Waals surface area contributed by atoms with Gasteiger partial charge in [0.05, 0.1) is 16.3 Å². The van der Waals surface area contributed by atoms with Crippen molar-refractivity contribution < 1.29 is 17.6 Å². The molecule has 0 aliphatic carbocycles. The van der Waals surface area contributed by atoms with Crippen molar-refractivity contribution in [2.24, 2.45) is 5.92 Å². The number of hydrogen-bond acceptors (Lipinski definition) is 4. The molecule has 1 heterocycles. The van der Waals surface area contributed by atoms with Crippen LogP contribution in [0.3, 0.4) is 0 Å². The third kappa shape index (κ3) is 3.80. The van der Waals surface area contributed by atoms with E-state index in [0.29, 0.717) is 42.1 Å². The van der Waals surface area contributed by atoms with Gasteiger partial charge in [-0.25, -0.2) is 12.8 Å². The molecule has 138 valence electrons. The van der Waals surface area contributed by atoms with Crippen LogP contribution in [0.2, 0.25) is 0 Å². The molecule has 0 radical (unpaired) electrons. The van der Waals surface area contributed by atoms with Crippen molar-refractivity contribution in [1.82, 2.24) is 0 Å². The molecule has 0 N–H and O–H groups in total. The molecular weight excluding hydrogens is 353 g/mol. The number of carbonyl (C=O) groups excluding carboxylic acids is 1. The average Bonchev–Trinajstić information content (AvgIpc) is 2.68. The number of sulfone groups is 1. The smallest absolute Gasteiger partial charge is 0.180 e. The van der Waals surface area contributed by atoms with E-state index in [9.17, 15) is 17.6 Å². The van der Waals surface area contributed by atoms with Crippen molar-refractivity contribution >= 4 is 21.3 Å². The Bertz CT molecular complexity index is 886. The van der Waals surface area contributed by atoms with Crippen LogP contribution in [0.25, 0.3) is 0 Å². The minimum absolute atomic E-state index is 0.0270. The van der Waals surface area contributed by atoms with Gasteiger partial charge < -0.3 is 4.90 Å². The van der Waals surface area contributed by atoms with E-state index in [4.69, 9.17) is 0 Å². The monoisotopic (exact) mass is 375 g/mol. The first-order valence-electron chi connectivity index (χ1n) is 8.79. The van der Waals surface area contributed by atoms with Crippen molar-refractivity contribution in [3.05, 3.63) is 59.9 Å². The molecule has 2 aromatic rings. The fourth-order valence-electron chi connectivity index (χ4n) is 3.37. The quantitative estimate of drug-likeness (QED) is 0.748. The van der Waals surface area contributed by atoms with E-state index in [1.165, 1.54) is 24.3 Å². The standard InChI is InChI=1S/C20H22FNO3S/c1-2-26(24,25)19-6-4-3-5-18(19)22-13-11-16(12-14-22)20(23)15-7-9-17(21)10-8-15/h3-10,16H,2,11-14H2,1H3. The van der Waals surface area contributed by atoms with E-state index in [1.54, 1.807) is 19.1 Å². The maximum absolute atomic E-state index is 13.0. The van der Waals surface area contributed by atoms with Crippen LogP contribution in [0.15, 0.2) is 53.4 Å². The number of rotatable bonds is 5. The van der Waals surface area contributed by atoms with Gasteiger partial charge in [-0.2, -0.15) is 0 Å². The SMILES string of the molecule is CCS(=O)(=O)c1ccccc1N1CCC(C(=O)c2ccc(F)cc2)CC1. The number of ketones is 1. The molecule has 2 aromatic carbocycles. The van der Waals surface area contributed by atoms with Crippen LogP contribution in [0, 0.1) is 11.7 Å². The van der Waals surface area contributed by atoms with E-state index >= 15 is 0 Å². The predicted molar refractivity (Wildman–Crippen MR) is 99.8 cm³/mol. The molecule has 0 saturated carbocycles. The number of piperidine rings is 1. The summed E-state index contributed by atoms with van der Waals surface area (Å²) >= 11 is 0. The van der Waals surface area contributed by atoms with Crippen LogP contribution in [-0.2, 0) is 9.84 Å². The summed E-state index contributed by atoms with van der Waals surface area (Å²) in [6, 6.07) is 12.7. The molecule has 4 nitrogen and oxygen atoms in total. The summed E-state index contributed by atoms with van der Waals surface area (Å²) in [6.45, 7) is 2.88. The lowest BCUT2D eigenvalue weighted by Crippen LogP contribution is -2.37. The number of para-hydroxylation sites is 1. The number of nitrogens with zero attached hydrogens (tertiary/aromatic N) is 1. The average molecular weight is 375 g/mol. The Kier molecular flexibility index (Phi) is 5.41. The largest absolute Gasteiger partial charge is 0.370 e. The summed E-state index contributed by atoms with van der Waals surface area (Å²) in [5.74, 6) is -0.389. The van der Waals surface area contributed by atoms with Crippen LogP contribution in [0.5, 0.6) is 0 Å². The van der Waals surface area contributed by atoms with Gasteiger partial charge in [0.2, 0.25) is 0 Å². The maximum Gasteiger partial charge on any atom is 0.180 e. The first-order valence-corrected chi connectivity index (χ1v) is 10.4. The highest BCUT2D eigenvalue weighted by molar-refractivity contribution is 7.91. The van der Waals surface area contributed by atoms with E-state index < -0.39 is 9.84 Å². The van der Waals surface area contributed by atoms with Gasteiger partial charge in [-0.15, -0.1) is 0 Å². The third-order valence-corrected chi connectivity index (χ3v) is 6.69. The van der Waals surface area contributed by atoms with Gasteiger partial charge in [-0.05, 0) is 49.2 Å². The maximum atomic E-state index is 13.0. The van der Waals surface area contributed by atoms with Crippen LogP contribution in [0.4, 0.5) is 10.1 Å². The highest BCUT2D eigenvalue weighted by Crippen LogP contribution is 2.31. The molecule has 0 amide bonds. The number of anilines is 1. The summed E-state index contributed by atoms with van der Waals surface area (Å²) in [5.41, 5.74) is 1.24. The molecular formula is C20H22FNO3S. The predicted octanol–water partition coefficient (Wildman–Crippen LogP) is 3.72. The fraction of sp³-hybridized carbons (Fsp3) is 0.350. The summed E-state index contributed by atoms with van der Waals surface area (Å²) in [4.78, 5) is 15.0. The number of carbonyl (C=O) groups is 1. The van der Waals surface area contributed by atoms with E-state index in [-0.39, 0.29) is 23.3 Å². The lowest BCUT2D eigenvalue weighted by molar-refractivity contribution is 0.0900. The zero-order chi connectivity index (χ0) is 18.7. The zero-order valence-electron chi connectivity index (χ0n) is 14.7. The molecule has 0 unspecified atom stereocenters. The van der Waals surface area contributed by atoms with Crippen molar-refractivity contribution in [3.63, 3.8) is 0 Å². The van der Waals surface area contributed by atoms with E-state index in [0.717, 1.165) is 0 Å². The van der Waals surface area contributed by atoms with Crippen molar-refractivity contribution in [3.8, 4) is 0 Å². The lowest BCUT2D eigenvalue weighted by Gasteiger charge is -2.34. The van der Waals surface area contributed by atoms with Crippen LogP contribution >= 0.6 is 0 Å². The Morgan fingerprint density at radius 2 is 1.69 bits per heavy atom. The van der Waals surface area contributed by atoms with Gasteiger partial charge in [0.1, 0.15) is 5.82 Å². The van der Waals surface area contributed by atoms with Crippen molar-refractivity contribution in [2.45, 2.75) is 24.7 Å². The lowest BCUT2D eigenvalue weighted by atomic mass is 9.88. The summed E-state index contributed by atoms with van der Waals surface area (Å²) in [7, 11) is -3.30. The van der Waals surface area contributed by atoms with Gasteiger partial charge >= 0.3 is 0 Å². The normalized spacial score (nSPS) is 15.8. The highest BCUT2D eigenvalue weighted by atomic mass is 32.2. The number of benzene rings is 2. The number of halogens is 1. The second-order valence-corrected chi connectivity index (χ2v) is 8.75. The highest BCUT2D eigenvalue weighted by Gasteiger charge is 2.28. The topological polar surface area (TPSA) is 54.5 Å². The van der Waals surface area contributed by atoms with Gasteiger partial charge in [-0.3, -0.25) is 4.79 Å².